The number of aryl methyl sites for hydroxylation is 2. The lowest BCUT2D eigenvalue weighted by atomic mass is 10.1. The van der Waals surface area contributed by atoms with Gasteiger partial charge in [0.1, 0.15) is 11.5 Å². The van der Waals surface area contributed by atoms with Gasteiger partial charge in [-0.15, -0.1) is 0 Å². The Bertz CT molecular complexity index is 1200. The lowest BCUT2D eigenvalue weighted by molar-refractivity contribution is -0.111. The normalized spacial score (nSPS) is 10.7. The van der Waals surface area contributed by atoms with Crippen molar-refractivity contribution in [2.75, 3.05) is 45.5 Å². The molecule has 2 amide bonds. The Morgan fingerprint density at radius 3 is 2.33 bits per heavy atom. The van der Waals surface area contributed by atoms with E-state index in [1.807, 2.05) is 44.4 Å². The van der Waals surface area contributed by atoms with Crippen LogP contribution in [-0.2, 0) is 24.1 Å². The number of carbonyl (C=O) groups is 2. The number of nitrogens with one attached hydrogen (secondary N) is 3. The average molecular weight is 492 g/mol. The fraction of sp³-hybridized carbons (Fsp3) is 0.296. The fourth-order valence-electron chi connectivity index (χ4n) is 3.61. The van der Waals surface area contributed by atoms with Crippen LogP contribution >= 0.6 is 0 Å². The fourth-order valence-corrected chi connectivity index (χ4v) is 3.61. The van der Waals surface area contributed by atoms with Crippen LogP contribution in [0.4, 0.5) is 11.5 Å². The predicted molar refractivity (Wildman–Crippen MR) is 141 cm³/mol. The molecule has 2 aromatic carbocycles. The second kappa shape index (κ2) is 12.6. The van der Waals surface area contributed by atoms with Gasteiger partial charge in [-0.3, -0.25) is 14.7 Å². The van der Waals surface area contributed by atoms with E-state index < -0.39 is 0 Å². The van der Waals surface area contributed by atoms with Crippen molar-refractivity contribution in [3.63, 3.8) is 0 Å². The lowest BCUT2D eigenvalue weighted by Gasteiger charge is -2.13. The smallest absolute Gasteiger partial charge is 0.258 e. The Morgan fingerprint density at radius 1 is 0.972 bits per heavy atom. The van der Waals surface area contributed by atoms with Gasteiger partial charge in [0.25, 0.3) is 5.91 Å². The molecule has 36 heavy (non-hydrogen) atoms. The van der Waals surface area contributed by atoms with Gasteiger partial charge in [0.05, 0.1) is 25.5 Å². The van der Waals surface area contributed by atoms with Gasteiger partial charge in [-0.1, -0.05) is 12.6 Å². The molecule has 0 bridgehead atoms. The monoisotopic (exact) mass is 491 g/mol. The van der Waals surface area contributed by atoms with Crippen molar-refractivity contribution in [3.05, 3.63) is 77.5 Å². The third-order valence-corrected chi connectivity index (χ3v) is 5.59. The summed E-state index contributed by atoms with van der Waals surface area (Å²) in [6.45, 7) is 4.34. The zero-order valence-electron chi connectivity index (χ0n) is 21.2. The predicted octanol–water partition coefficient (Wildman–Crippen LogP) is 3.69. The number of aromatic amines is 1. The molecule has 0 saturated heterocycles. The highest BCUT2D eigenvalue weighted by Crippen LogP contribution is 2.24. The number of amides is 2. The summed E-state index contributed by atoms with van der Waals surface area (Å²) in [5, 5.41) is 12.7. The number of nitrogens with zero attached hydrogens (tertiary/aromatic N) is 2. The van der Waals surface area contributed by atoms with Crippen molar-refractivity contribution in [2.45, 2.75) is 19.3 Å². The Labute approximate surface area is 211 Å². The van der Waals surface area contributed by atoms with Crippen molar-refractivity contribution in [3.8, 4) is 11.5 Å². The minimum Gasteiger partial charge on any atom is -0.497 e. The van der Waals surface area contributed by atoms with E-state index in [-0.39, 0.29) is 11.8 Å². The molecule has 9 nitrogen and oxygen atoms in total. The second-order valence-corrected chi connectivity index (χ2v) is 8.58. The molecule has 3 aromatic rings. The third-order valence-electron chi connectivity index (χ3n) is 5.59. The summed E-state index contributed by atoms with van der Waals surface area (Å²) in [7, 11) is 7.23. The number of benzene rings is 2. The topological polar surface area (TPSA) is 109 Å². The van der Waals surface area contributed by atoms with E-state index >= 15 is 0 Å². The molecule has 3 N–H and O–H groups in total. The Balaban J connectivity index is 1.69. The molecule has 0 radical (unpaired) electrons. The van der Waals surface area contributed by atoms with Gasteiger partial charge in [-0.2, -0.15) is 5.10 Å². The summed E-state index contributed by atoms with van der Waals surface area (Å²) in [6, 6.07) is 13.0. The molecule has 0 aliphatic carbocycles. The molecule has 1 heterocycles. The number of methoxy groups -OCH3 is 2. The van der Waals surface area contributed by atoms with Crippen molar-refractivity contribution >= 4 is 23.3 Å². The number of hydrogen-bond donors (Lipinski definition) is 3. The first-order valence-corrected chi connectivity index (χ1v) is 11.6. The number of aromatic nitrogens is 2. The van der Waals surface area contributed by atoms with E-state index in [4.69, 9.17) is 9.47 Å². The molecule has 0 saturated carbocycles. The van der Waals surface area contributed by atoms with Crippen molar-refractivity contribution < 1.29 is 19.1 Å². The standard InChI is InChI=1S/C27H33N5O4/c1-6-26(33)28-24-15-18(11-12-32(2)3)8-10-23(24)27(34)29-25-16-20(30-31-25)9-7-19-13-21(35-4)17-22(14-19)36-5/h6,8,10,13-17H,1,7,9,11-12H2,2-5H3,(H,28,33)(H2,29,30,31,34). The number of hydrogen-bond acceptors (Lipinski definition) is 6. The van der Waals surface area contributed by atoms with Gasteiger partial charge in [0.2, 0.25) is 5.91 Å². The summed E-state index contributed by atoms with van der Waals surface area (Å²) in [4.78, 5) is 27.1. The minimum atomic E-state index is -0.384. The summed E-state index contributed by atoms with van der Waals surface area (Å²) < 4.78 is 10.7. The molecule has 0 unspecified atom stereocenters. The highest BCUT2D eigenvalue weighted by atomic mass is 16.5. The summed E-state index contributed by atoms with van der Waals surface area (Å²) >= 11 is 0. The van der Waals surface area contributed by atoms with Gasteiger partial charge < -0.3 is 25.0 Å². The maximum Gasteiger partial charge on any atom is 0.258 e. The first-order valence-electron chi connectivity index (χ1n) is 11.6. The van der Waals surface area contributed by atoms with E-state index in [0.29, 0.717) is 23.5 Å². The second-order valence-electron chi connectivity index (χ2n) is 8.58. The minimum absolute atomic E-state index is 0.340. The Kier molecular flexibility index (Phi) is 9.24. The van der Waals surface area contributed by atoms with E-state index in [2.05, 4.69) is 32.3 Å². The number of carbonyl (C=O) groups excluding carboxylic acids is 2. The van der Waals surface area contributed by atoms with Gasteiger partial charge in [-0.05, 0) is 74.8 Å². The molecule has 0 aliphatic heterocycles. The summed E-state index contributed by atoms with van der Waals surface area (Å²) in [5.41, 5.74) is 3.70. The molecule has 9 heteroatoms. The first kappa shape index (κ1) is 26.5. The van der Waals surface area contributed by atoms with Crippen LogP contribution in [0.3, 0.4) is 0 Å². The van der Waals surface area contributed by atoms with Crippen molar-refractivity contribution in [2.24, 2.45) is 0 Å². The van der Waals surface area contributed by atoms with Crippen molar-refractivity contribution in [1.82, 2.24) is 15.1 Å². The molecular formula is C27H33N5O4. The highest BCUT2D eigenvalue weighted by molar-refractivity contribution is 6.11. The van der Waals surface area contributed by atoms with E-state index in [1.165, 1.54) is 6.08 Å². The third kappa shape index (κ3) is 7.44. The number of rotatable bonds is 12. The highest BCUT2D eigenvalue weighted by Gasteiger charge is 2.16. The number of H-pyrrole nitrogens is 1. The molecule has 0 fully saturated rings. The van der Waals surface area contributed by atoms with Crippen LogP contribution in [0, 0.1) is 0 Å². The van der Waals surface area contributed by atoms with Crippen molar-refractivity contribution in [1.29, 1.82) is 0 Å². The molecular weight excluding hydrogens is 458 g/mol. The Morgan fingerprint density at radius 2 is 1.69 bits per heavy atom. The maximum atomic E-state index is 13.0. The maximum absolute atomic E-state index is 13.0. The van der Waals surface area contributed by atoms with Crippen LogP contribution in [-0.4, -0.2) is 61.8 Å². The zero-order valence-corrected chi connectivity index (χ0v) is 21.2. The first-order chi connectivity index (χ1) is 17.3. The molecule has 0 atom stereocenters. The lowest BCUT2D eigenvalue weighted by Crippen LogP contribution is -2.18. The quantitative estimate of drug-likeness (QED) is 0.334. The number of ether oxygens (including phenoxy) is 2. The average Bonchev–Trinajstić information content (AvgIpc) is 3.32. The molecule has 0 aliphatic rings. The van der Waals surface area contributed by atoms with Crippen LogP contribution in [0.2, 0.25) is 0 Å². The van der Waals surface area contributed by atoms with Gasteiger partial charge in [0, 0.05) is 24.4 Å². The summed E-state index contributed by atoms with van der Waals surface area (Å²) in [6.07, 6.45) is 3.37. The van der Waals surface area contributed by atoms with Crippen LogP contribution in [0.15, 0.2) is 55.1 Å². The number of anilines is 2. The molecule has 190 valence electrons. The van der Waals surface area contributed by atoms with Crippen LogP contribution in [0.5, 0.6) is 11.5 Å². The van der Waals surface area contributed by atoms with Crippen LogP contribution in [0.1, 0.15) is 27.2 Å². The van der Waals surface area contributed by atoms with Gasteiger partial charge >= 0.3 is 0 Å². The van der Waals surface area contributed by atoms with E-state index in [9.17, 15) is 9.59 Å². The SMILES string of the molecule is C=CC(=O)Nc1cc(CCN(C)C)ccc1C(=O)Nc1cc(CCc2cc(OC)cc(OC)c2)[nH]n1. The number of likely N-dealkylation sites (N-methyl/N-ethyl adjacent to an activating group) is 1. The van der Waals surface area contributed by atoms with Crippen LogP contribution in [0.25, 0.3) is 0 Å². The van der Waals surface area contributed by atoms with Crippen LogP contribution < -0.4 is 20.1 Å². The molecule has 3 rings (SSSR count). The largest absolute Gasteiger partial charge is 0.497 e. The molecule has 0 spiro atoms. The van der Waals surface area contributed by atoms with E-state index in [0.717, 1.165) is 47.7 Å². The molecule has 1 aromatic heterocycles. The Hall–Kier alpha value is -4.11. The van der Waals surface area contributed by atoms with Gasteiger partial charge in [-0.25, -0.2) is 0 Å². The zero-order chi connectivity index (χ0) is 26.1. The van der Waals surface area contributed by atoms with Gasteiger partial charge in [0.15, 0.2) is 5.82 Å². The summed E-state index contributed by atoms with van der Waals surface area (Å²) in [5.74, 6) is 1.10. The van der Waals surface area contributed by atoms with E-state index in [1.54, 1.807) is 26.4 Å².